The van der Waals surface area contributed by atoms with Crippen LogP contribution in [-0.4, -0.2) is 24.8 Å². The number of nitrogens with one attached hydrogen (secondary N) is 1. The van der Waals surface area contributed by atoms with Gasteiger partial charge in [0.1, 0.15) is 0 Å². The van der Waals surface area contributed by atoms with Crippen molar-refractivity contribution in [1.29, 1.82) is 0 Å². The van der Waals surface area contributed by atoms with Gasteiger partial charge in [-0.1, -0.05) is 33.6 Å². The van der Waals surface area contributed by atoms with Crippen LogP contribution in [0.5, 0.6) is 0 Å². The number of rotatable bonds is 6. The highest BCUT2D eigenvalue weighted by atomic mass is 16.5. The first-order chi connectivity index (χ1) is 7.99. The van der Waals surface area contributed by atoms with Crippen LogP contribution in [0.3, 0.4) is 0 Å². The Balaban J connectivity index is 1.74. The highest BCUT2D eigenvalue weighted by Gasteiger charge is 2.36. The van der Waals surface area contributed by atoms with Gasteiger partial charge in [-0.15, -0.1) is 0 Å². The average molecular weight is 239 g/mol. The normalized spacial score (nSPS) is 24.2. The van der Waals surface area contributed by atoms with E-state index in [-0.39, 0.29) is 5.60 Å². The SMILES string of the molecule is CC(C)(C)CCOC1(CNC2CC2)CCCC1. The standard InChI is InChI=1S/C15H29NO/c1-14(2,3)10-11-17-15(8-4-5-9-15)12-16-13-6-7-13/h13,16H,4-12H2,1-3H3. The molecule has 2 fully saturated rings. The van der Waals surface area contributed by atoms with Crippen molar-refractivity contribution in [3.63, 3.8) is 0 Å². The maximum Gasteiger partial charge on any atom is 0.0806 e. The molecule has 0 aliphatic heterocycles. The van der Waals surface area contributed by atoms with E-state index in [1.54, 1.807) is 0 Å². The Bertz CT molecular complexity index is 234. The van der Waals surface area contributed by atoms with Crippen LogP contribution in [-0.2, 0) is 4.74 Å². The van der Waals surface area contributed by atoms with Crippen molar-refractivity contribution in [3.05, 3.63) is 0 Å². The molecule has 1 N–H and O–H groups in total. The third kappa shape index (κ3) is 4.59. The van der Waals surface area contributed by atoms with E-state index in [1.807, 2.05) is 0 Å². The van der Waals surface area contributed by atoms with Crippen LogP contribution in [0.2, 0.25) is 0 Å². The zero-order valence-electron chi connectivity index (χ0n) is 11.8. The van der Waals surface area contributed by atoms with Gasteiger partial charge in [0.25, 0.3) is 0 Å². The first kappa shape index (κ1) is 13.4. The van der Waals surface area contributed by atoms with Gasteiger partial charge in [-0.2, -0.15) is 0 Å². The summed E-state index contributed by atoms with van der Waals surface area (Å²) in [6, 6.07) is 0.804. The van der Waals surface area contributed by atoms with E-state index in [2.05, 4.69) is 26.1 Å². The molecule has 2 aliphatic carbocycles. The van der Waals surface area contributed by atoms with Crippen molar-refractivity contribution in [2.24, 2.45) is 5.41 Å². The topological polar surface area (TPSA) is 21.3 Å². The lowest BCUT2D eigenvalue weighted by molar-refractivity contribution is -0.0481. The van der Waals surface area contributed by atoms with Crippen LogP contribution >= 0.6 is 0 Å². The van der Waals surface area contributed by atoms with Gasteiger partial charge >= 0.3 is 0 Å². The second-order valence-corrected chi connectivity index (χ2v) is 7.20. The second kappa shape index (κ2) is 5.27. The van der Waals surface area contributed by atoms with Gasteiger partial charge < -0.3 is 10.1 Å². The molecule has 2 rings (SSSR count). The largest absolute Gasteiger partial charge is 0.374 e. The molecule has 2 heteroatoms. The summed E-state index contributed by atoms with van der Waals surface area (Å²) in [5.74, 6) is 0. The maximum absolute atomic E-state index is 6.28. The summed E-state index contributed by atoms with van der Waals surface area (Å²) in [5, 5.41) is 3.66. The van der Waals surface area contributed by atoms with E-state index in [4.69, 9.17) is 4.74 Å². The second-order valence-electron chi connectivity index (χ2n) is 7.20. The highest BCUT2D eigenvalue weighted by Crippen LogP contribution is 2.34. The van der Waals surface area contributed by atoms with E-state index < -0.39 is 0 Å². The van der Waals surface area contributed by atoms with Gasteiger partial charge in [0.2, 0.25) is 0 Å². The molecule has 0 aromatic rings. The smallest absolute Gasteiger partial charge is 0.0806 e. The third-order valence-corrected chi connectivity index (χ3v) is 4.07. The van der Waals surface area contributed by atoms with Crippen LogP contribution in [0.15, 0.2) is 0 Å². The van der Waals surface area contributed by atoms with Crippen LogP contribution in [0.25, 0.3) is 0 Å². The van der Waals surface area contributed by atoms with Crippen molar-refractivity contribution >= 4 is 0 Å². The van der Waals surface area contributed by atoms with Gasteiger partial charge in [-0.25, -0.2) is 0 Å². The van der Waals surface area contributed by atoms with Crippen LogP contribution in [0.4, 0.5) is 0 Å². The van der Waals surface area contributed by atoms with E-state index in [0.29, 0.717) is 5.41 Å². The summed E-state index contributed by atoms with van der Waals surface area (Å²) in [7, 11) is 0. The van der Waals surface area contributed by atoms with Gasteiger partial charge in [0.05, 0.1) is 5.60 Å². The third-order valence-electron chi connectivity index (χ3n) is 4.07. The zero-order chi connectivity index (χ0) is 12.4. The Morgan fingerprint density at radius 1 is 1.18 bits per heavy atom. The first-order valence-electron chi connectivity index (χ1n) is 7.37. The summed E-state index contributed by atoms with van der Waals surface area (Å²) in [5.41, 5.74) is 0.567. The first-order valence-corrected chi connectivity index (χ1v) is 7.37. The van der Waals surface area contributed by atoms with E-state index in [1.165, 1.54) is 38.5 Å². The lowest BCUT2D eigenvalue weighted by Crippen LogP contribution is -2.42. The molecule has 2 saturated carbocycles. The minimum Gasteiger partial charge on any atom is -0.374 e. The van der Waals surface area contributed by atoms with Crippen molar-refractivity contribution in [2.75, 3.05) is 13.2 Å². The van der Waals surface area contributed by atoms with Crippen LogP contribution in [0.1, 0.15) is 65.7 Å². The summed E-state index contributed by atoms with van der Waals surface area (Å²) in [6.07, 6.45) is 9.13. The Morgan fingerprint density at radius 3 is 2.35 bits per heavy atom. The van der Waals surface area contributed by atoms with E-state index in [9.17, 15) is 0 Å². The molecule has 2 nitrogen and oxygen atoms in total. The molecular weight excluding hydrogens is 210 g/mol. The quantitative estimate of drug-likeness (QED) is 0.766. The van der Waals surface area contributed by atoms with Crippen LogP contribution < -0.4 is 5.32 Å². The Labute approximate surface area is 107 Å². The monoisotopic (exact) mass is 239 g/mol. The number of hydrogen-bond donors (Lipinski definition) is 1. The van der Waals surface area contributed by atoms with Crippen molar-refractivity contribution in [1.82, 2.24) is 5.32 Å². The molecule has 0 aromatic heterocycles. The molecular formula is C15H29NO. The molecule has 17 heavy (non-hydrogen) atoms. The Morgan fingerprint density at radius 2 is 1.82 bits per heavy atom. The molecule has 0 saturated heterocycles. The minimum absolute atomic E-state index is 0.174. The number of ether oxygens (including phenoxy) is 1. The fourth-order valence-corrected chi connectivity index (χ4v) is 2.58. The Kier molecular flexibility index (Phi) is 4.14. The minimum atomic E-state index is 0.174. The highest BCUT2D eigenvalue weighted by molar-refractivity contribution is 4.92. The van der Waals surface area contributed by atoms with E-state index in [0.717, 1.165) is 25.6 Å². The maximum atomic E-state index is 6.28. The predicted octanol–water partition coefficient (Wildman–Crippen LogP) is 3.50. The molecule has 0 spiro atoms. The Hall–Kier alpha value is -0.0800. The summed E-state index contributed by atoms with van der Waals surface area (Å²) in [6.45, 7) is 8.89. The van der Waals surface area contributed by atoms with Crippen LogP contribution in [0, 0.1) is 5.41 Å². The predicted molar refractivity (Wildman–Crippen MR) is 72.2 cm³/mol. The molecule has 100 valence electrons. The molecule has 0 heterocycles. The van der Waals surface area contributed by atoms with Crippen molar-refractivity contribution in [2.45, 2.75) is 77.4 Å². The fraction of sp³-hybridized carbons (Fsp3) is 1.00. The van der Waals surface area contributed by atoms with Gasteiger partial charge in [-0.3, -0.25) is 0 Å². The molecule has 0 unspecified atom stereocenters. The van der Waals surface area contributed by atoms with Gasteiger partial charge in [0.15, 0.2) is 0 Å². The lowest BCUT2D eigenvalue weighted by Gasteiger charge is -2.31. The molecule has 0 aromatic carbocycles. The molecule has 0 amide bonds. The molecule has 0 atom stereocenters. The van der Waals surface area contributed by atoms with Crippen molar-refractivity contribution < 1.29 is 4.74 Å². The lowest BCUT2D eigenvalue weighted by atomic mass is 9.92. The fourth-order valence-electron chi connectivity index (χ4n) is 2.58. The summed E-state index contributed by atoms with van der Waals surface area (Å²) in [4.78, 5) is 0. The van der Waals surface area contributed by atoms with Gasteiger partial charge in [0, 0.05) is 19.2 Å². The molecule has 2 aliphatic rings. The average Bonchev–Trinajstić information content (AvgIpc) is 2.95. The summed E-state index contributed by atoms with van der Waals surface area (Å²) < 4.78 is 6.28. The molecule has 0 radical (unpaired) electrons. The number of hydrogen-bond acceptors (Lipinski definition) is 2. The molecule has 0 bridgehead atoms. The van der Waals surface area contributed by atoms with Gasteiger partial charge in [-0.05, 0) is 37.5 Å². The zero-order valence-corrected chi connectivity index (χ0v) is 11.8. The summed E-state index contributed by atoms with van der Waals surface area (Å²) >= 11 is 0. The van der Waals surface area contributed by atoms with E-state index >= 15 is 0 Å². The van der Waals surface area contributed by atoms with Crippen molar-refractivity contribution in [3.8, 4) is 0 Å².